The fourth-order valence-corrected chi connectivity index (χ4v) is 1.29. The Labute approximate surface area is 105 Å². The van der Waals surface area contributed by atoms with Gasteiger partial charge in [-0.1, -0.05) is 20.8 Å². The highest BCUT2D eigenvalue weighted by Crippen LogP contribution is 2.22. The highest BCUT2D eigenvalue weighted by Gasteiger charge is 2.17. The number of nitrogens with two attached hydrogens (primary N) is 1. The van der Waals surface area contributed by atoms with E-state index in [9.17, 15) is 14.9 Å². The number of nitro groups is 1. The number of nitrogens with one attached hydrogen (secondary N) is 1. The van der Waals surface area contributed by atoms with Gasteiger partial charge in [0.1, 0.15) is 5.69 Å². The van der Waals surface area contributed by atoms with Crippen LogP contribution in [0.25, 0.3) is 0 Å². The molecule has 0 aliphatic heterocycles. The molecule has 0 heterocycles. The predicted octanol–water partition coefficient (Wildman–Crippen LogP) is 1.95. The van der Waals surface area contributed by atoms with Gasteiger partial charge in [-0.25, -0.2) is 0 Å². The SMILES string of the molecule is CC(C)(C)CNC(=O)c1ccc(N)c([N+](=O)[O-])c1. The average Bonchev–Trinajstić information content (AvgIpc) is 2.25. The molecule has 0 bridgehead atoms. The molecule has 3 N–H and O–H groups in total. The van der Waals surface area contributed by atoms with Crippen molar-refractivity contribution in [2.45, 2.75) is 20.8 Å². The second kappa shape index (κ2) is 5.03. The lowest BCUT2D eigenvalue weighted by Crippen LogP contribution is -2.32. The summed E-state index contributed by atoms with van der Waals surface area (Å²) in [6.45, 7) is 6.44. The van der Waals surface area contributed by atoms with Crippen LogP contribution in [0.3, 0.4) is 0 Å². The minimum Gasteiger partial charge on any atom is -0.393 e. The predicted molar refractivity (Wildman–Crippen MR) is 69.3 cm³/mol. The molecule has 1 aromatic rings. The van der Waals surface area contributed by atoms with Gasteiger partial charge < -0.3 is 11.1 Å². The second-order valence-electron chi connectivity index (χ2n) is 5.27. The van der Waals surface area contributed by atoms with Crippen molar-refractivity contribution in [3.8, 4) is 0 Å². The van der Waals surface area contributed by atoms with Crippen LogP contribution in [0.15, 0.2) is 18.2 Å². The summed E-state index contributed by atoms with van der Waals surface area (Å²) in [5, 5.41) is 13.4. The van der Waals surface area contributed by atoms with Crippen LogP contribution in [0.2, 0.25) is 0 Å². The summed E-state index contributed by atoms with van der Waals surface area (Å²) in [7, 11) is 0. The first kappa shape index (κ1) is 14.0. The normalized spacial score (nSPS) is 11.1. The van der Waals surface area contributed by atoms with E-state index in [1.807, 2.05) is 20.8 Å². The molecule has 0 fully saturated rings. The summed E-state index contributed by atoms with van der Waals surface area (Å²) in [5.41, 5.74) is 5.45. The quantitative estimate of drug-likeness (QED) is 0.487. The van der Waals surface area contributed by atoms with Gasteiger partial charge in [-0.2, -0.15) is 0 Å². The van der Waals surface area contributed by atoms with Crippen LogP contribution in [0, 0.1) is 15.5 Å². The van der Waals surface area contributed by atoms with Gasteiger partial charge >= 0.3 is 0 Å². The molecule has 98 valence electrons. The molecule has 0 spiro atoms. The summed E-state index contributed by atoms with van der Waals surface area (Å²) in [6.07, 6.45) is 0. The van der Waals surface area contributed by atoms with Gasteiger partial charge in [-0.3, -0.25) is 14.9 Å². The first-order valence-electron chi connectivity index (χ1n) is 5.53. The second-order valence-corrected chi connectivity index (χ2v) is 5.27. The number of nitrogens with zero attached hydrogens (tertiary/aromatic N) is 1. The molecule has 1 aromatic carbocycles. The van der Waals surface area contributed by atoms with E-state index in [4.69, 9.17) is 5.73 Å². The van der Waals surface area contributed by atoms with Crippen molar-refractivity contribution in [3.05, 3.63) is 33.9 Å². The standard InChI is InChI=1S/C12H17N3O3/c1-12(2,3)7-14-11(16)8-4-5-9(13)10(6-8)15(17)18/h4-6H,7,13H2,1-3H3,(H,14,16). The number of benzene rings is 1. The highest BCUT2D eigenvalue weighted by molar-refractivity contribution is 5.95. The van der Waals surface area contributed by atoms with Crippen LogP contribution in [-0.4, -0.2) is 17.4 Å². The number of hydrogen-bond acceptors (Lipinski definition) is 4. The Morgan fingerprint density at radius 2 is 2.06 bits per heavy atom. The molecule has 1 amide bonds. The molecule has 0 atom stereocenters. The highest BCUT2D eigenvalue weighted by atomic mass is 16.6. The molecule has 0 aliphatic carbocycles. The van der Waals surface area contributed by atoms with Gasteiger partial charge in [-0.15, -0.1) is 0 Å². The van der Waals surface area contributed by atoms with Crippen molar-refractivity contribution in [1.29, 1.82) is 0 Å². The van der Waals surface area contributed by atoms with E-state index < -0.39 is 4.92 Å². The van der Waals surface area contributed by atoms with Crippen LogP contribution in [-0.2, 0) is 0 Å². The summed E-state index contributed by atoms with van der Waals surface area (Å²) < 4.78 is 0. The third kappa shape index (κ3) is 3.73. The number of nitrogen functional groups attached to an aromatic ring is 1. The van der Waals surface area contributed by atoms with Gasteiger partial charge in [0.15, 0.2) is 0 Å². The van der Waals surface area contributed by atoms with E-state index in [1.54, 1.807) is 0 Å². The summed E-state index contributed by atoms with van der Waals surface area (Å²) in [4.78, 5) is 21.9. The Balaban J connectivity index is 2.87. The van der Waals surface area contributed by atoms with E-state index in [0.29, 0.717) is 6.54 Å². The Morgan fingerprint density at radius 3 is 2.56 bits per heavy atom. The van der Waals surface area contributed by atoms with Crippen molar-refractivity contribution in [3.63, 3.8) is 0 Å². The first-order chi connectivity index (χ1) is 8.20. The third-order valence-electron chi connectivity index (χ3n) is 2.27. The molecule has 6 heteroatoms. The van der Waals surface area contributed by atoms with E-state index in [0.717, 1.165) is 0 Å². The van der Waals surface area contributed by atoms with Gasteiger partial charge in [-0.05, 0) is 17.5 Å². The number of amides is 1. The average molecular weight is 251 g/mol. The maximum absolute atomic E-state index is 11.8. The molecular formula is C12H17N3O3. The maximum Gasteiger partial charge on any atom is 0.292 e. The molecule has 0 radical (unpaired) electrons. The lowest BCUT2D eigenvalue weighted by atomic mass is 9.97. The van der Waals surface area contributed by atoms with Gasteiger partial charge in [0, 0.05) is 18.2 Å². The summed E-state index contributed by atoms with van der Waals surface area (Å²) >= 11 is 0. The largest absolute Gasteiger partial charge is 0.393 e. The fourth-order valence-electron chi connectivity index (χ4n) is 1.29. The molecule has 0 unspecified atom stereocenters. The molecule has 0 aliphatic rings. The van der Waals surface area contributed by atoms with E-state index in [2.05, 4.69) is 5.32 Å². The molecule has 18 heavy (non-hydrogen) atoms. The minimum atomic E-state index is -0.601. The molecule has 0 saturated carbocycles. The Kier molecular flexibility index (Phi) is 3.90. The zero-order chi connectivity index (χ0) is 13.9. The minimum absolute atomic E-state index is 0.0462. The number of carbonyl (C=O) groups is 1. The smallest absolute Gasteiger partial charge is 0.292 e. The molecule has 1 rings (SSSR count). The maximum atomic E-state index is 11.8. The topological polar surface area (TPSA) is 98.3 Å². The lowest BCUT2D eigenvalue weighted by molar-refractivity contribution is -0.383. The molecule has 0 saturated heterocycles. The Morgan fingerprint density at radius 1 is 1.44 bits per heavy atom. The van der Waals surface area contributed by atoms with E-state index >= 15 is 0 Å². The van der Waals surface area contributed by atoms with Crippen molar-refractivity contribution >= 4 is 17.3 Å². The van der Waals surface area contributed by atoms with Crippen LogP contribution >= 0.6 is 0 Å². The first-order valence-corrected chi connectivity index (χ1v) is 5.53. The molecular weight excluding hydrogens is 234 g/mol. The van der Waals surface area contributed by atoms with Crippen molar-refractivity contribution in [2.24, 2.45) is 5.41 Å². The zero-order valence-electron chi connectivity index (χ0n) is 10.7. The number of anilines is 1. The number of rotatable bonds is 3. The Bertz CT molecular complexity index is 478. The number of nitro benzene ring substituents is 1. The van der Waals surface area contributed by atoms with Crippen LogP contribution in [0.5, 0.6) is 0 Å². The van der Waals surface area contributed by atoms with Crippen LogP contribution in [0.4, 0.5) is 11.4 Å². The van der Waals surface area contributed by atoms with Crippen LogP contribution < -0.4 is 11.1 Å². The summed E-state index contributed by atoms with van der Waals surface area (Å²) in [5.74, 6) is -0.340. The van der Waals surface area contributed by atoms with E-state index in [1.165, 1.54) is 18.2 Å². The van der Waals surface area contributed by atoms with Gasteiger partial charge in [0.05, 0.1) is 4.92 Å². The Hall–Kier alpha value is -2.11. The molecule has 0 aromatic heterocycles. The van der Waals surface area contributed by atoms with Crippen molar-refractivity contribution in [1.82, 2.24) is 5.32 Å². The van der Waals surface area contributed by atoms with Crippen LogP contribution in [0.1, 0.15) is 31.1 Å². The molecule has 6 nitrogen and oxygen atoms in total. The third-order valence-corrected chi connectivity index (χ3v) is 2.27. The lowest BCUT2D eigenvalue weighted by Gasteiger charge is -2.18. The fraction of sp³-hybridized carbons (Fsp3) is 0.417. The number of hydrogen-bond donors (Lipinski definition) is 2. The van der Waals surface area contributed by atoms with Gasteiger partial charge in [0.2, 0.25) is 0 Å². The monoisotopic (exact) mass is 251 g/mol. The van der Waals surface area contributed by atoms with Crippen molar-refractivity contribution < 1.29 is 9.72 Å². The van der Waals surface area contributed by atoms with Gasteiger partial charge in [0.25, 0.3) is 11.6 Å². The zero-order valence-corrected chi connectivity index (χ0v) is 10.7. The number of carbonyl (C=O) groups excluding carboxylic acids is 1. The van der Waals surface area contributed by atoms with Crippen molar-refractivity contribution in [2.75, 3.05) is 12.3 Å². The summed E-state index contributed by atoms with van der Waals surface area (Å²) in [6, 6.07) is 4.03. The van der Waals surface area contributed by atoms with E-state index in [-0.39, 0.29) is 28.3 Å².